The molecule has 104 valence electrons. The van der Waals surface area contributed by atoms with Crippen molar-refractivity contribution in [3.63, 3.8) is 0 Å². The Morgan fingerprint density at radius 3 is 2.37 bits per heavy atom. The summed E-state index contributed by atoms with van der Waals surface area (Å²) < 4.78 is 31.8. The second kappa shape index (κ2) is 6.19. The van der Waals surface area contributed by atoms with E-state index >= 15 is 0 Å². The number of carbonyl (C=O) groups excluding carboxylic acids is 2. The fourth-order valence-corrected chi connectivity index (χ4v) is 2.11. The predicted octanol–water partition coefficient (Wildman–Crippen LogP) is -0.814. The van der Waals surface area contributed by atoms with Crippen molar-refractivity contribution in [2.75, 3.05) is 14.2 Å². The molecule has 0 aromatic heterocycles. The smallest absolute Gasteiger partial charge is 0.341 e. The van der Waals surface area contributed by atoms with Gasteiger partial charge in [-0.3, -0.25) is 4.79 Å². The van der Waals surface area contributed by atoms with Gasteiger partial charge in [0.1, 0.15) is 11.3 Å². The third kappa shape index (κ3) is 3.44. The van der Waals surface area contributed by atoms with Crippen LogP contribution < -0.4 is 5.32 Å². The zero-order valence-corrected chi connectivity index (χ0v) is 11.4. The van der Waals surface area contributed by atoms with E-state index in [2.05, 4.69) is 10.1 Å². The molecule has 0 saturated carbocycles. The molecule has 8 heteroatoms. The van der Waals surface area contributed by atoms with Gasteiger partial charge in [0, 0.05) is 6.92 Å². The van der Waals surface area contributed by atoms with Crippen molar-refractivity contribution in [3.8, 4) is 0 Å². The monoisotopic (exact) mass is 287 g/mol. The number of ether oxygens (including phenoxy) is 2. The molecule has 1 aliphatic carbocycles. The Labute approximate surface area is 111 Å². The van der Waals surface area contributed by atoms with Crippen molar-refractivity contribution < 1.29 is 27.5 Å². The Hall–Kier alpha value is -2.09. The molecule has 0 heterocycles. The first-order chi connectivity index (χ1) is 8.90. The lowest BCUT2D eigenvalue weighted by Crippen LogP contribution is -2.40. The van der Waals surface area contributed by atoms with E-state index in [-0.39, 0.29) is 16.2 Å². The van der Waals surface area contributed by atoms with Gasteiger partial charge in [0.05, 0.1) is 25.1 Å². The molecule has 1 rings (SSSR count). The minimum absolute atomic E-state index is 0.0224. The standard InChI is InChI=1S/C11H13NO6S/c1-6(13)12-8-5-9(17-2)7(11(14)18-3)4-10(8)19(15)16/h4-5,8H,1-3H3,(H,12,13). The summed E-state index contributed by atoms with van der Waals surface area (Å²) in [6.45, 7) is 1.26. The van der Waals surface area contributed by atoms with Gasteiger partial charge in [-0.05, 0) is 12.2 Å². The number of hydrogen-bond acceptors (Lipinski definition) is 6. The highest BCUT2D eigenvalue weighted by atomic mass is 32.2. The molecule has 1 N–H and O–H groups in total. The van der Waals surface area contributed by atoms with E-state index < -0.39 is 28.2 Å². The summed E-state index contributed by atoms with van der Waals surface area (Å²) in [5.41, 5.74) is -0.0224. The average Bonchev–Trinajstić information content (AvgIpc) is 2.36. The lowest BCUT2D eigenvalue weighted by Gasteiger charge is -2.20. The van der Waals surface area contributed by atoms with Gasteiger partial charge in [-0.15, -0.1) is 0 Å². The minimum atomic E-state index is -2.59. The van der Waals surface area contributed by atoms with Crippen LogP contribution in [-0.4, -0.2) is 45.4 Å². The summed E-state index contributed by atoms with van der Waals surface area (Å²) >= 11 is 0. The molecule has 7 nitrogen and oxygen atoms in total. The van der Waals surface area contributed by atoms with Crippen molar-refractivity contribution >= 4 is 27.0 Å². The van der Waals surface area contributed by atoms with Gasteiger partial charge >= 0.3 is 5.97 Å². The first-order valence-corrected chi connectivity index (χ1v) is 6.27. The van der Waals surface area contributed by atoms with Crippen LogP contribution in [0.4, 0.5) is 0 Å². The fourth-order valence-electron chi connectivity index (χ4n) is 1.56. The summed E-state index contributed by atoms with van der Waals surface area (Å²) in [7, 11) is -0.0902. The Kier molecular flexibility index (Phi) is 4.87. The summed E-state index contributed by atoms with van der Waals surface area (Å²) in [5.74, 6) is -0.994. The Morgan fingerprint density at radius 2 is 1.95 bits per heavy atom. The van der Waals surface area contributed by atoms with Crippen molar-refractivity contribution in [2.24, 2.45) is 0 Å². The highest BCUT2D eigenvalue weighted by molar-refractivity contribution is 7.73. The predicted molar refractivity (Wildman–Crippen MR) is 66.7 cm³/mol. The van der Waals surface area contributed by atoms with Crippen LogP contribution >= 0.6 is 0 Å². The number of amides is 1. The second-order valence-corrected chi connectivity index (χ2v) is 4.54. The van der Waals surface area contributed by atoms with Gasteiger partial charge in [-0.25, -0.2) is 4.79 Å². The van der Waals surface area contributed by atoms with Crippen LogP contribution in [0.3, 0.4) is 0 Å². The van der Waals surface area contributed by atoms with Crippen LogP contribution in [0.5, 0.6) is 0 Å². The van der Waals surface area contributed by atoms with E-state index in [0.29, 0.717) is 0 Å². The topological polar surface area (TPSA) is 98.8 Å². The number of esters is 1. The SMILES string of the molecule is COC(=O)C1=CC(=S(=O)=O)C(NC(C)=O)C=C1OC. The first-order valence-electron chi connectivity index (χ1n) is 5.20. The first kappa shape index (κ1) is 15.0. The van der Waals surface area contributed by atoms with Crippen molar-refractivity contribution in [1.82, 2.24) is 5.32 Å². The van der Waals surface area contributed by atoms with Gasteiger partial charge < -0.3 is 14.8 Å². The van der Waals surface area contributed by atoms with Gasteiger partial charge in [-0.2, -0.15) is 8.42 Å². The zero-order chi connectivity index (χ0) is 14.6. The van der Waals surface area contributed by atoms with Crippen molar-refractivity contribution in [1.29, 1.82) is 0 Å². The van der Waals surface area contributed by atoms with E-state index in [1.165, 1.54) is 27.2 Å². The molecular formula is C11H13NO6S. The lowest BCUT2D eigenvalue weighted by atomic mass is 10.0. The van der Waals surface area contributed by atoms with E-state index in [1.807, 2.05) is 0 Å². The molecule has 19 heavy (non-hydrogen) atoms. The zero-order valence-electron chi connectivity index (χ0n) is 10.6. The number of carbonyl (C=O) groups is 2. The Bertz CT molecular complexity index is 591. The molecule has 1 aliphatic rings. The number of hydrogen-bond donors (Lipinski definition) is 1. The van der Waals surface area contributed by atoms with Crippen molar-refractivity contribution in [2.45, 2.75) is 13.0 Å². The van der Waals surface area contributed by atoms with Crippen molar-refractivity contribution in [3.05, 3.63) is 23.5 Å². The maximum absolute atomic E-state index is 11.5. The molecule has 1 amide bonds. The van der Waals surface area contributed by atoms with Crippen LogP contribution in [0, 0.1) is 0 Å². The molecule has 0 saturated heterocycles. The summed E-state index contributed by atoms with van der Waals surface area (Å²) in [4.78, 5) is 22.4. The Morgan fingerprint density at radius 1 is 1.32 bits per heavy atom. The quantitative estimate of drug-likeness (QED) is 0.538. The van der Waals surface area contributed by atoms with Crippen LogP contribution in [0.25, 0.3) is 0 Å². The number of methoxy groups -OCH3 is 2. The maximum Gasteiger partial charge on any atom is 0.341 e. The van der Waals surface area contributed by atoms with E-state index in [1.54, 1.807) is 0 Å². The van der Waals surface area contributed by atoms with E-state index in [0.717, 1.165) is 6.08 Å². The number of nitrogens with one attached hydrogen (secondary N) is 1. The van der Waals surface area contributed by atoms with E-state index in [4.69, 9.17) is 4.74 Å². The summed E-state index contributed by atoms with van der Waals surface area (Å²) in [6.07, 6.45) is 2.45. The third-order valence-corrected chi connectivity index (χ3v) is 3.11. The molecule has 1 unspecified atom stereocenters. The van der Waals surface area contributed by atoms with Crippen LogP contribution in [-0.2, 0) is 29.4 Å². The van der Waals surface area contributed by atoms with Crippen LogP contribution in [0.2, 0.25) is 0 Å². The number of rotatable bonds is 3. The third-order valence-electron chi connectivity index (χ3n) is 2.35. The van der Waals surface area contributed by atoms with Gasteiger partial charge in [0.25, 0.3) is 0 Å². The van der Waals surface area contributed by atoms with Gasteiger partial charge in [0.2, 0.25) is 16.2 Å². The van der Waals surface area contributed by atoms with Crippen LogP contribution in [0.15, 0.2) is 23.5 Å². The van der Waals surface area contributed by atoms with E-state index in [9.17, 15) is 18.0 Å². The largest absolute Gasteiger partial charge is 0.496 e. The molecule has 0 aromatic rings. The molecule has 0 fully saturated rings. The molecule has 0 bridgehead atoms. The maximum atomic E-state index is 11.5. The molecular weight excluding hydrogens is 274 g/mol. The molecule has 0 spiro atoms. The van der Waals surface area contributed by atoms with Gasteiger partial charge in [0.15, 0.2) is 0 Å². The average molecular weight is 287 g/mol. The lowest BCUT2D eigenvalue weighted by molar-refractivity contribution is -0.136. The highest BCUT2D eigenvalue weighted by Gasteiger charge is 2.27. The molecule has 1 atom stereocenters. The molecule has 0 aliphatic heterocycles. The highest BCUT2D eigenvalue weighted by Crippen LogP contribution is 2.19. The fraction of sp³-hybridized carbons (Fsp3) is 0.364. The Balaban J connectivity index is 3.33. The molecule has 0 aromatic carbocycles. The second-order valence-electron chi connectivity index (χ2n) is 3.60. The van der Waals surface area contributed by atoms with Gasteiger partial charge in [-0.1, -0.05) is 0 Å². The normalized spacial score (nSPS) is 18.1. The molecule has 0 radical (unpaired) electrons. The summed E-state index contributed by atoms with van der Waals surface area (Å²) in [5, 5.41) is 2.43. The summed E-state index contributed by atoms with van der Waals surface area (Å²) in [6, 6.07) is -0.876. The van der Waals surface area contributed by atoms with Crippen LogP contribution in [0.1, 0.15) is 6.92 Å². The minimum Gasteiger partial charge on any atom is -0.496 e.